The number of likely N-dealkylation sites (tertiary alicyclic amines) is 1. The van der Waals surface area contributed by atoms with Gasteiger partial charge in [0, 0.05) is 20.2 Å². The van der Waals surface area contributed by atoms with E-state index in [0.717, 1.165) is 30.8 Å². The van der Waals surface area contributed by atoms with E-state index in [9.17, 15) is 0 Å². The predicted octanol–water partition coefficient (Wildman–Crippen LogP) is 2.72. The molecule has 0 radical (unpaired) electrons. The van der Waals surface area contributed by atoms with Gasteiger partial charge in [0.15, 0.2) is 0 Å². The second kappa shape index (κ2) is 8.12. The zero-order valence-electron chi connectivity index (χ0n) is 17.7. The van der Waals surface area contributed by atoms with Gasteiger partial charge in [-0.1, -0.05) is 19.1 Å². The highest BCUT2D eigenvalue weighted by Gasteiger charge is 2.51. The Morgan fingerprint density at radius 1 is 1.19 bits per heavy atom. The molecule has 150 valence electrons. The Morgan fingerprint density at radius 2 is 1.89 bits per heavy atom. The lowest BCUT2D eigenvalue weighted by molar-refractivity contribution is -0.00788. The summed E-state index contributed by atoms with van der Waals surface area (Å²) < 4.78 is 23.9. The smallest absolute Gasteiger partial charge is 0.492 e. The third-order valence-corrected chi connectivity index (χ3v) is 6.34. The van der Waals surface area contributed by atoms with Gasteiger partial charge in [-0.05, 0) is 64.2 Å². The van der Waals surface area contributed by atoms with Crippen molar-refractivity contribution < 1.29 is 18.8 Å². The van der Waals surface area contributed by atoms with Gasteiger partial charge >= 0.3 is 7.12 Å². The third kappa shape index (κ3) is 4.68. The normalized spacial score (nSPS) is 27.7. The van der Waals surface area contributed by atoms with Crippen LogP contribution >= 0.6 is 0 Å². The lowest BCUT2D eigenvalue weighted by atomic mass is 9.79. The van der Waals surface area contributed by atoms with Crippen LogP contribution in [-0.2, 0) is 14.0 Å². The number of nitrogens with zero attached hydrogens (tertiary/aromatic N) is 1. The summed E-state index contributed by atoms with van der Waals surface area (Å²) in [7, 11) is 1.45. The molecule has 2 aliphatic heterocycles. The molecular weight excluding hydrogens is 341 g/mol. The van der Waals surface area contributed by atoms with Crippen LogP contribution in [0.3, 0.4) is 0 Å². The van der Waals surface area contributed by atoms with Gasteiger partial charge < -0.3 is 18.8 Å². The Hall–Kier alpha value is -1.08. The van der Waals surface area contributed by atoms with Crippen LogP contribution in [0.15, 0.2) is 24.3 Å². The molecule has 1 aromatic carbocycles. The molecule has 6 heteroatoms. The molecule has 5 nitrogen and oxygen atoms in total. The molecule has 2 unspecified atom stereocenters. The van der Waals surface area contributed by atoms with Crippen LogP contribution in [0.1, 0.15) is 41.0 Å². The van der Waals surface area contributed by atoms with Crippen molar-refractivity contribution in [3.05, 3.63) is 24.3 Å². The highest BCUT2D eigenvalue weighted by Crippen LogP contribution is 2.36. The maximum absolute atomic E-state index is 6.14. The van der Waals surface area contributed by atoms with E-state index in [1.165, 1.54) is 6.42 Å². The van der Waals surface area contributed by atoms with E-state index in [-0.39, 0.29) is 18.3 Å². The molecule has 0 amide bonds. The molecule has 0 saturated carbocycles. The van der Waals surface area contributed by atoms with Crippen LogP contribution in [0.4, 0.5) is 0 Å². The van der Waals surface area contributed by atoms with Crippen molar-refractivity contribution in [2.75, 3.05) is 33.4 Å². The number of rotatable bonds is 6. The van der Waals surface area contributed by atoms with Crippen molar-refractivity contribution in [2.24, 2.45) is 5.92 Å². The minimum absolute atomic E-state index is 0.324. The third-order valence-electron chi connectivity index (χ3n) is 6.34. The van der Waals surface area contributed by atoms with Crippen LogP contribution in [-0.4, -0.2) is 62.7 Å². The molecule has 2 fully saturated rings. The average molecular weight is 375 g/mol. The molecule has 0 aromatic heterocycles. The first-order valence-corrected chi connectivity index (χ1v) is 10.1. The van der Waals surface area contributed by atoms with Crippen LogP contribution in [0.2, 0.25) is 0 Å². The molecule has 0 N–H and O–H groups in total. The summed E-state index contributed by atoms with van der Waals surface area (Å²) in [6, 6.07) is 8.05. The molecule has 0 aliphatic carbocycles. The highest BCUT2D eigenvalue weighted by atomic mass is 16.7. The standard InChI is InChI=1S/C21H34BNO4/c1-16-10-11-23(15-19(16)24-6)12-13-25-18-9-7-8-17(14-18)22-26-20(2,3)21(4,5)27-22/h7-9,14,16,19H,10-13,15H2,1-6H3. The molecule has 2 aliphatic rings. The molecule has 2 heterocycles. The van der Waals surface area contributed by atoms with Gasteiger partial charge in [-0.2, -0.15) is 0 Å². The Kier molecular flexibility index (Phi) is 6.21. The van der Waals surface area contributed by atoms with Crippen LogP contribution in [0.5, 0.6) is 5.75 Å². The largest absolute Gasteiger partial charge is 0.494 e. The van der Waals surface area contributed by atoms with Crippen LogP contribution < -0.4 is 10.2 Å². The summed E-state index contributed by atoms with van der Waals surface area (Å²) in [6.07, 6.45) is 1.50. The first-order valence-electron chi connectivity index (χ1n) is 10.1. The van der Waals surface area contributed by atoms with Gasteiger partial charge in [-0.3, -0.25) is 4.90 Å². The van der Waals surface area contributed by atoms with E-state index < -0.39 is 0 Å². The van der Waals surface area contributed by atoms with Crippen LogP contribution in [0.25, 0.3) is 0 Å². The molecule has 27 heavy (non-hydrogen) atoms. The average Bonchev–Trinajstić information content (AvgIpc) is 2.84. The van der Waals surface area contributed by atoms with E-state index in [1.54, 1.807) is 0 Å². The fourth-order valence-electron chi connectivity index (χ4n) is 3.63. The van der Waals surface area contributed by atoms with Crippen molar-refractivity contribution >= 4 is 12.6 Å². The van der Waals surface area contributed by atoms with Crippen LogP contribution in [0, 0.1) is 5.92 Å². The first-order chi connectivity index (χ1) is 12.7. The summed E-state index contributed by atoms with van der Waals surface area (Å²) in [4.78, 5) is 2.42. The van der Waals surface area contributed by atoms with Crippen molar-refractivity contribution in [3.63, 3.8) is 0 Å². The minimum atomic E-state index is -0.357. The second-order valence-corrected chi connectivity index (χ2v) is 8.85. The highest BCUT2D eigenvalue weighted by molar-refractivity contribution is 6.62. The monoisotopic (exact) mass is 375 g/mol. The topological polar surface area (TPSA) is 40.2 Å². The van der Waals surface area contributed by atoms with Gasteiger partial charge in [0.05, 0.1) is 17.3 Å². The van der Waals surface area contributed by atoms with Gasteiger partial charge in [-0.25, -0.2) is 0 Å². The maximum Gasteiger partial charge on any atom is 0.494 e. The van der Waals surface area contributed by atoms with Gasteiger partial charge in [-0.15, -0.1) is 0 Å². The van der Waals surface area contributed by atoms with E-state index in [0.29, 0.717) is 18.6 Å². The minimum Gasteiger partial charge on any atom is -0.492 e. The van der Waals surface area contributed by atoms with Crippen molar-refractivity contribution in [2.45, 2.75) is 58.3 Å². The lowest BCUT2D eigenvalue weighted by Crippen LogP contribution is -2.45. The Labute approximate surface area is 164 Å². The van der Waals surface area contributed by atoms with Crippen molar-refractivity contribution in [1.29, 1.82) is 0 Å². The summed E-state index contributed by atoms with van der Waals surface area (Å²) in [5, 5.41) is 0. The fourth-order valence-corrected chi connectivity index (χ4v) is 3.63. The molecule has 0 spiro atoms. The van der Waals surface area contributed by atoms with E-state index in [4.69, 9.17) is 18.8 Å². The van der Waals surface area contributed by atoms with E-state index in [1.807, 2.05) is 31.4 Å². The van der Waals surface area contributed by atoms with Crippen molar-refractivity contribution in [3.8, 4) is 5.75 Å². The van der Waals surface area contributed by atoms with E-state index >= 15 is 0 Å². The summed E-state index contributed by atoms with van der Waals surface area (Å²) >= 11 is 0. The number of methoxy groups -OCH3 is 1. The van der Waals surface area contributed by atoms with Crippen molar-refractivity contribution in [1.82, 2.24) is 4.90 Å². The number of ether oxygens (including phenoxy) is 2. The number of benzene rings is 1. The Morgan fingerprint density at radius 3 is 2.56 bits per heavy atom. The zero-order valence-corrected chi connectivity index (χ0v) is 17.7. The molecule has 2 saturated heterocycles. The lowest BCUT2D eigenvalue weighted by Gasteiger charge is -2.36. The van der Waals surface area contributed by atoms with Gasteiger partial charge in [0.2, 0.25) is 0 Å². The fraction of sp³-hybridized carbons (Fsp3) is 0.714. The summed E-state index contributed by atoms with van der Waals surface area (Å²) in [5.74, 6) is 1.49. The SMILES string of the molecule is COC1CN(CCOc2cccc(B3OC(C)(C)C(C)(C)O3)c2)CCC1C. The van der Waals surface area contributed by atoms with Gasteiger partial charge in [0.1, 0.15) is 12.4 Å². The first kappa shape index (κ1) is 20.7. The van der Waals surface area contributed by atoms with E-state index in [2.05, 4.69) is 39.5 Å². The molecule has 0 bridgehead atoms. The summed E-state index contributed by atoms with van der Waals surface area (Å²) in [6.45, 7) is 14.2. The number of hydrogen-bond donors (Lipinski definition) is 0. The molecule has 3 rings (SSSR count). The molecule has 2 atom stereocenters. The summed E-state index contributed by atoms with van der Waals surface area (Å²) in [5.41, 5.74) is 0.327. The quantitative estimate of drug-likeness (QED) is 0.715. The number of hydrogen-bond acceptors (Lipinski definition) is 5. The predicted molar refractivity (Wildman–Crippen MR) is 109 cm³/mol. The molecule has 1 aromatic rings. The Bertz CT molecular complexity index is 620. The maximum atomic E-state index is 6.14. The Balaban J connectivity index is 1.53. The second-order valence-electron chi connectivity index (χ2n) is 8.85. The zero-order chi connectivity index (χ0) is 19.7. The molecular formula is C21H34BNO4. The van der Waals surface area contributed by atoms with Gasteiger partial charge in [0.25, 0.3) is 0 Å². The number of piperidine rings is 1.